The predicted molar refractivity (Wildman–Crippen MR) is 65.7 cm³/mol. The molecule has 0 bridgehead atoms. The van der Waals surface area contributed by atoms with Crippen molar-refractivity contribution in [1.82, 2.24) is 15.0 Å². The highest BCUT2D eigenvalue weighted by Gasteiger charge is 2.13. The minimum absolute atomic E-state index is 0.745. The van der Waals surface area contributed by atoms with Gasteiger partial charge in [0.25, 0.3) is 0 Å². The van der Waals surface area contributed by atoms with Crippen molar-refractivity contribution in [3.05, 3.63) is 30.0 Å². The second-order valence-electron chi connectivity index (χ2n) is 3.27. The largest absolute Gasteiger partial charge is 0.496 e. The number of hydrogen-bond acceptors (Lipinski definition) is 4. The van der Waals surface area contributed by atoms with Gasteiger partial charge in [0.05, 0.1) is 12.8 Å². The van der Waals surface area contributed by atoms with Gasteiger partial charge in [-0.05, 0) is 12.1 Å². The minimum Gasteiger partial charge on any atom is -0.496 e. The molecule has 0 aliphatic carbocycles. The number of hydrogen-bond donors (Lipinski definition) is 0. The zero-order chi connectivity index (χ0) is 11.5. The van der Waals surface area contributed by atoms with Crippen LogP contribution in [0.5, 0.6) is 5.75 Å². The van der Waals surface area contributed by atoms with E-state index >= 15 is 0 Å². The molecule has 0 aliphatic heterocycles. The first-order valence-corrected chi connectivity index (χ1v) is 5.23. The fraction of sp³-hybridized carbons (Fsp3) is 0.182. The van der Waals surface area contributed by atoms with E-state index in [-0.39, 0.29) is 0 Å². The number of para-hydroxylation sites is 1. The van der Waals surface area contributed by atoms with E-state index in [9.17, 15) is 0 Å². The van der Waals surface area contributed by atoms with Gasteiger partial charge in [0.15, 0.2) is 0 Å². The van der Waals surface area contributed by atoms with Crippen molar-refractivity contribution in [2.24, 2.45) is 7.05 Å². The summed E-state index contributed by atoms with van der Waals surface area (Å²) in [5.41, 5.74) is 2.45. The van der Waals surface area contributed by atoms with Gasteiger partial charge in [0.2, 0.25) is 0 Å². The van der Waals surface area contributed by atoms with Crippen molar-refractivity contribution >= 4 is 17.6 Å². The Labute approximate surface area is 98.9 Å². The second kappa shape index (κ2) is 4.40. The van der Waals surface area contributed by atoms with Crippen molar-refractivity contribution in [1.29, 1.82) is 0 Å². The van der Waals surface area contributed by atoms with Crippen LogP contribution in [0.25, 0.3) is 11.3 Å². The first kappa shape index (κ1) is 10.8. The molecule has 0 spiro atoms. The first-order chi connectivity index (χ1) is 7.77. The van der Waals surface area contributed by atoms with Crippen molar-refractivity contribution < 1.29 is 4.74 Å². The van der Waals surface area contributed by atoms with Crippen LogP contribution in [0.2, 0.25) is 0 Å². The van der Waals surface area contributed by atoms with E-state index in [2.05, 4.69) is 10.3 Å². The van der Waals surface area contributed by atoms with Gasteiger partial charge in [-0.15, -0.1) is 5.10 Å². The molecule has 2 rings (SSSR count). The number of thiocarbonyl (C=S) groups is 1. The third kappa shape index (κ3) is 1.69. The van der Waals surface area contributed by atoms with Gasteiger partial charge in [-0.3, -0.25) is 0 Å². The molecule has 0 atom stereocenters. The van der Waals surface area contributed by atoms with Gasteiger partial charge in [0.1, 0.15) is 11.4 Å². The third-order valence-electron chi connectivity index (χ3n) is 2.34. The van der Waals surface area contributed by atoms with E-state index in [4.69, 9.17) is 17.0 Å². The van der Waals surface area contributed by atoms with Crippen LogP contribution in [-0.4, -0.2) is 27.5 Å². The Morgan fingerprint density at radius 2 is 2.12 bits per heavy atom. The summed E-state index contributed by atoms with van der Waals surface area (Å²) in [6.07, 6.45) is 0. The molecule has 82 valence electrons. The number of aromatic nitrogens is 3. The fourth-order valence-corrected chi connectivity index (χ4v) is 1.79. The Hall–Kier alpha value is -1.75. The molecule has 4 nitrogen and oxygen atoms in total. The molecule has 0 unspecified atom stereocenters. The number of aryl methyl sites for hydroxylation is 1. The molecule has 0 amide bonds. The summed E-state index contributed by atoms with van der Waals surface area (Å²) in [7, 11) is 3.44. The quantitative estimate of drug-likeness (QED) is 0.758. The SMILES string of the molecule is COc1ccccc1-c1nnn(C)c1C=S. The van der Waals surface area contributed by atoms with Crippen LogP contribution in [0.4, 0.5) is 0 Å². The maximum Gasteiger partial charge on any atom is 0.128 e. The summed E-state index contributed by atoms with van der Waals surface area (Å²) in [5.74, 6) is 0.765. The normalized spacial score (nSPS) is 10.1. The fourth-order valence-electron chi connectivity index (χ4n) is 1.53. The van der Waals surface area contributed by atoms with Crippen LogP contribution in [-0.2, 0) is 7.05 Å². The molecule has 0 aliphatic rings. The van der Waals surface area contributed by atoms with E-state index in [1.54, 1.807) is 17.2 Å². The summed E-state index contributed by atoms with van der Waals surface area (Å²) >= 11 is 4.96. The maximum atomic E-state index is 5.28. The number of benzene rings is 1. The van der Waals surface area contributed by atoms with Gasteiger partial charge in [-0.1, -0.05) is 29.6 Å². The third-order valence-corrected chi connectivity index (χ3v) is 2.57. The lowest BCUT2D eigenvalue weighted by Crippen LogP contribution is -1.97. The molecular weight excluding hydrogens is 222 g/mol. The van der Waals surface area contributed by atoms with Crippen LogP contribution in [0.1, 0.15) is 5.69 Å². The Kier molecular flexibility index (Phi) is 2.96. The van der Waals surface area contributed by atoms with Crippen LogP contribution in [0, 0.1) is 0 Å². The zero-order valence-corrected chi connectivity index (χ0v) is 9.86. The standard InChI is InChI=1S/C11H11N3OS/c1-14-9(7-16)11(12-13-14)8-5-3-4-6-10(8)15-2/h3-7H,1-2H3. The summed E-state index contributed by atoms with van der Waals surface area (Å²) < 4.78 is 6.93. The lowest BCUT2D eigenvalue weighted by molar-refractivity contribution is 0.416. The molecule has 5 heteroatoms. The molecular formula is C11H11N3OS. The Morgan fingerprint density at radius 1 is 1.38 bits per heavy atom. The van der Waals surface area contributed by atoms with E-state index in [1.807, 2.05) is 31.3 Å². The van der Waals surface area contributed by atoms with E-state index in [0.717, 1.165) is 22.7 Å². The molecule has 1 heterocycles. The van der Waals surface area contributed by atoms with Gasteiger partial charge in [-0.25, -0.2) is 4.68 Å². The first-order valence-electron chi connectivity index (χ1n) is 4.76. The van der Waals surface area contributed by atoms with Gasteiger partial charge in [0, 0.05) is 18.0 Å². The Morgan fingerprint density at radius 3 is 2.81 bits per heavy atom. The van der Waals surface area contributed by atoms with Crippen molar-refractivity contribution in [2.75, 3.05) is 7.11 Å². The molecule has 1 aromatic carbocycles. The van der Waals surface area contributed by atoms with Crippen LogP contribution in [0.3, 0.4) is 0 Å². The monoisotopic (exact) mass is 233 g/mol. The highest BCUT2D eigenvalue weighted by atomic mass is 32.1. The predicted octanol–water partition coefficient (Wildman–Crippen LogP) is 1.84. The highest BCUT2D eigenvalue weighted by Crippen LogP contribution is 2.29. The molecule has 0 radical (unpaired) electrons. The average molecular weight is 233 g/mol. The van der Waals surface area contributed by atoms with Crippen LogP contribution in [0.15, 0.2) is 24.3 Å². The molecule has 0 fully saturated rings. The Balaban J connectivity index is 2.62. The molecule has 0 saturated carbocycles. The smallest absolute Gasteiger partial charge is 0.128 e. The lowest BCUT2D eigenvalue weighted by atomic mass is 10.1. The molecule has 0 N–H and O–H groups in total. The molecule has 16 heavy (non-hydrogen) atoms. The van der Waals surface area contributed by atoms with E-state index in [0.29, 0.717) is 0 Å². The van der Waals surface area contributed by atoms with Crippen LogP contribution >= 0.6 is 12.2 Å². The lowest BCUT2D eigenvalue weighted by Gasteiger charge is -2.05. The van der Waals surface area contributed by atoms with Gasteiger partial charge in [-0.2, -0.15) is 0 Å². The van der Waals surface area contributed by atoms with Crippen molar-refractivity contribution in [3.63, 3.8) is 0 Å². The van der Waals surface area contributed by atoms with Gasteiger partial charge >= 0.3 is 0 Å². The Bertz CT molecular complexity index is 522. The number of methoxy groups -OCH3 is 1. The molecule has 1 aromatic heterocycles. The summed E-state index contributed by atoms with van der Waals surface area (Å²) in [6.45, 7) is 0. The highest BCUT2D eigenvalue weighted by molar-refractivity contribution is 7.79. The maximum absolute atomic E-state index is 5.28. The topological polar surface area (TPSA) is 39.9 Å². The summed E-state index contributed by atoms with van der Waals surface area (Å²) in [5, 5.41) is 9.62. The van der Waals surface area contributed by atoms with Gasteiger partial charge < -0.3 is 4.74 Å². The second-order valence-corrected chi connectivity index (χ2v) is 3.50. The van der Waals surface area contributed by atoms with Crippen LogP contribution < -0.4 is 4.74 Å². The minimum atomic E-state index is 0.745. The number of nitrogens with zero attached hydrogens (tertiary/aromatic N) is 3. The average Bonchev–Trinajstić information content (AvgIpc) is 2.70. The van der Waals surface area contributed by atoms with Crippen molar-refractivity contribution in [2.45, 2.75) is 0 Å². The molecule has 2 aromatic rings. The summed E-state index contributed by atoms with van der Waals surface area (Å²) in [4.78, 5) is 0. The van der Waals surface area contributed by atoms with E-state index in [1.165, 1.54) is 0 Å². The van der Waals surface area contributed by atoms with Crippen molar-refractivity contribution in [3.8, 4) is 17.0 Å². The molecule has 0 saturated heterocycles. The van der Waals surface area contributed by atoms with E-state index < -0.39 is 0 Å². The number of rotatable bonds is 3. The summed E-state index contributed by atoms with van der Waals surface area (Å²) in [6, 6.07) is 7.66. The zero-order valence-electron chi connectivity index (χ0n) is 9.04. The number of ether oxygens (including phenoxy) is 1.